The second-order valence-electron chi connectivity index (χ2n) is 4.13. The average molecular weight is 267 g/mol. The molecular formula is C14H21NO2S. The molecule has 1 aromatic rings. The number of esters is 1. The second kappa shape index (κ2) is 8.16. The van der Waals surface area contributed by atoms with Gasteiger partial charge in [-0.3, -0.25) is 0 Å². The second-order valence-corrected chi connectivity index (χ2v) is 5.04. The van der Waals surface area contributed by atoms with Gasteiger partial charge in [0, 0.05) is 18.3 Å². The Hall–Kier alpha value is -1.00. The molecule has 1 atom stereocenters. The van der Waals surface area contributed by atoms with Crippen molar-refractivity contribution >= 4 is 17.7 Å². The maximum absolute atomic E-state index is 11.3. The lowest BCUT2D eigenvalue weighted by Crippen LogP contribution is -2.30. The van der Waals surface area contributed by atoms with Crippen molar-refractivity contribution in [3.63, 3.8) is 0 Å². The largest absolute Gasteiger partial charge is 0.465 e. The fraction of sp³-hybridized carbons (Fsp3) is 0.500. The Kier molecular flexibility index (Phi) is 6.83. The fourth-order valence-electron chi connectivity index (χ4n) is 1.66. The van der Waals surface area contributed by atoms with Crippen LogP contribution in [0.15, 0.2) is 24.3 Å². The zero-order valence-electron chi connectivity index (χ0n) is 11.2. The minimum Gasteiger partial charge on any atom is -0.465 e. The van der Waals surface area contributed by atoms with Gasteiger partial charge in [-0.2, -0.15) is 11.8 Å². The van der Waals surface area contributed by atoms with Crippen molar-refractivity contribution in [1.82, 2.24) is 5.32 Å². The molecule has 0 amide bonds. The Morgan fingerprint density at radius 2 is 2.06 bits per heavy atom. The van der Waals surface area contributed by atoms with Gasteiger partial charge in [0.05, 0.1) is 12.7 Å². The first-order valence-electron chi connectivity index (χ1n) is 6.10. The van der Waals surface area contributed by atoms with Crippen LogP contribution in [0.4, 0.5) is 0 Å². The van der Waals surface area contributed by atoms with Crippen LogP contribution >= 0.6 is 11.8 Å². The molecule has 1 rings (SSSR count). The van der Waals surface area contributed by atoms with E-state index in [0.29, 0.717) is 11.6 Å². The van der Waals surface area contributed by atoms with Crippen LogP contribution in [0.3, 0.4) is 0 Å². The van der Waals surface area contributed by atoms with Gasteiger partial charge in [-0.25, -0.2) is 4.79 Å². The zero-order chi connectivity index (χ0) is 13.4. The molecule has 0 aromatic heterocycles. The van der Waals surface area contributed by atoms with Crippen molar-refractivity contribution in [3.05, 3.63) is 35.4 Å². The van der Waals surface area contributed by atoms with Gasteiger partial charge in [0.15, 0.2) is 0 Å². The van der Waals surface area contributed by atoms with E-state index in [0.717, 1.165) is 18.7 Å². The summed E-state index contributed by atoms with van der Waals surface area (Å²) in [5.74, 6) is 0.833. The summed E-state index contributed by atoms with van der Waals surface area (Å²) in [4.78, 5) is 11.3. The lowest BCUT2D eigenvalue weighted by Gasteiger charge is -2.15. The Morgan fingerprint density at radius 3 is 2.56 bits per heavy atom. The maximum atomic E-state index is 11.3. The highest BCUT2D eigenvalue weighted by Crippen LogP contribution is 2.07. The number of carbonyl (C=O) groups is 1. The molecule has 0 fully saturated rings. The molecule has 4 heteroatoms. The number of carbonyl (C=O) groups excluding carboxylic acids is 1. The molecule has 0 aliphatic rings. The first-order valence-corrected chi connectivity index (χ1v) is 7.50. The van der Waals surface area contributed by atoms with Crippen molar-refractivity contribution < 1.29 is 9.53 Å². The molecule has 0 heterocycles. The molecule has 0 saturated carbocycles. The topological polar surface area (TPSA) is 38.3 Å². The number of benzene rings is 1. The Morgan fingerprint density at radius 1 is 1.39 bits per heavy atom. The van der Waals surface area contributed by atoms with E-state index in [2.05, 4.69) is 23.2 Å². The smallest absolute Gasteiger partial charge is 0.337 e. The third kappa shape index (κ3) is 4.70. The number of thioether (sulfide) groups is 1. The van der Waals surface area contributed by atoms with Gasteiger partial charge in [0.25, 0.3) is 0 Å². The highest BCUT2D eigenvalue weighted by molar-refractivity contribution is 7.98. The molecule has 0 aliphatic heterocycles. The number of rotatable bonds is 7. The van der Waals surface area contributed by atoms with Crippen molar-refractivity contribution in [2.45, 2.75) is 25.9 Å². The first-order chi connectivity index (χ1) is 8.71. The minimum absolute atomic E-state index is 0.289. The van der Waals surface area contributed by atoms with E-state index in [1.165, 1.54) is 12.7 Å². The van der Waals surface area contributed by atoms with Crippen molar-refractivity contribution in [1.29, 1.82) is 0 Å². The predicted octanol–water partition coefficient (Wildman–Crippen LogP) is 2.70. The van der Waals surface area contributed by atoms with Crippen LogP contribution in [0.5, 0.6) is 0 Å². The quantitative estimate of drug-likeness (QED) is 0.771. The van der Waals surface area contributed by atoms with E-state index in [4.69, 9.17) is 0 Å². The van der Waals surface area contributed by atoms with E-state index in [1.54, 1.807) is 12.1 Å². The summed E-state index contributed by atoms with van der Waals surface area (Å²) in [5.41, 5.74) is 1.78. The third-order valence-corrected chi connectivity index (χ3v) is 3.57. The molecule has 0 bridgehead atoms. The highest BCUT2D eigenvalue weighted by Gasteiger charge is 2.06. The van der Waals surface area contributed by atoms with Gasteiger partial charge in [-0.1, -0.05) is 19.1 Å². The van der Waals surface area contributed by atoms with Crippen LogP contribution < -0.4 is 5.32 Å². The summed E-state index contributed by atoms with van der Waals surface area (Å²) in [6, 6.07) is 8.08. The van der Waals surface area contributed by atoms with Crippen molar-refractivity contribution in [2.24, 2.45) is 0 Å². The Bertz CT molecular complexity index is 365. The van der Waals surface area contributed by atoms with Gasteiger partial charge < -0.3 is 10.1 Å². The SMILES string of the molecule is CCC(CSC)NCc1ccc(C(=O)OC)cc1. The predicted molar refractivity (Wildman–Crippen MR) is 77.1 cm³/mol. The maximum Gasteiger partial charge on any atom is 0.337 e. The molecule has 0 saturated heterocycles. The molecule has 100 valence electrons. The van der Waals surface area contributed by atoms with E-state index in [9.17, 15) is 4.79 Å². The fourth-order valence-corrected chi connectivity index (χ4v) is 2.42. The third-order valence-electron chi connectivity index (χ3n) is 2.83. The molecule has 3 nitrogen and oxygen atoms in total. The van der Waals surface area contributed by atoms with Crippen molar-refractivity contribution in [3.8, 4) is 0 Å². The van der Waals surface area contributed by atoms with E-state index in [-0.39, 0.29) is 5.97 Å². The molecule has 18 heavy (non-hydrogen) atoms. The minimum atomic E-state index is -0.289. The zero-order valence-corrected chi connectivity index (χ0v) is 12.0. The van der Waals surface area contributed by atoms with Gasteiger partial charge in [-0.15, -0.1) is 0 Å². The van der Waals surface area contributed by atoms with Gasteiger partial charge in [0.2, 0.25) is 0 Å². The van der Waals surface area contributed by atoms with Gasteiger partial charge >= 0.3 is 5.97 Å². The normalized spacial score (nSPS) is 12.2. The molecule has 1 aromatic carbocycles. The number of ether oxygens (including phenoxy) is 1. The Balaban J connectivity index is 2.50. The van der Waals surface area contributed by atoms with E-state index < -0.39 is 0 Å². The standard InChI is InChI=1S/C14H21NO2S/c1-4-13(10-18-3)15-9-11-5-7-12(8-6-11)14(16)17-2/h5-8,13,15H,4,9-10H2,1-3H3. The Labute approximate surface area is 113 Å². The molecule has 0 aliphatic carbocycles. The van der Waals surface area contributed by atoms with E-state index in [1.807, 2.05) is 23.9 Å². The monoisotopic (exact) mass is 267 g/mol. The van der Waals surface area contributed by atoms with Crippen LogP contribution in [0.2, 0.25) is 0 Å². The van der Waals surface area contributed by atoms with Crippen LogP contribution in [-0.2, 0) is 11.3 Å². The summed E-state index contributed by atoms with van der Waals surface area (Å²) in [6.07, 6.45) is 3.25. The number of nitrogens with one attached hydrogen (secondary N) is 1. The molecule has 0 spiro atoms. The summed E-state index contributed by atoms with van der Waals surface area (Å²) >= 11 is 1.86. The lowest BCUT2D eigenvalue weighted by molar-refractivity contribution is 0.0600. The molecule has 1 unspecified atom stereocenters. The van der Waals surface area contributed by atoms with Crippen LogP contribution in [0.1, 0.15) is 29.3 Å². The van der Waals surface area contributed by atoms with Crippen molar-refractivity contribution in [2.75, 3.05) is 19.1 Å². The van der Waals surface area contributed by atoms with Crippen LogP contribution in [0, 0.1) is 0 Å². The number of hydrogen-bond donors (Lipinski definition) is 1. The average Bonchev–Trinajstić information content (AvgIpc) is 2.43. The summed E-state index contributed by atoms with van der Waals surface area (Å²) in [5, 5.41) is 3.51. The number of hydrogen-bond acceptors (Lipinski definition) is 4. The number of methoxy groups -OCH3 is 1. The summed E-state index contributed by atoms with van der Waals surface area (Å²) < 4.78 is 4.67. The summed E-state index contributed by atoms with van der Waals surface area (Å²) in [6.45, 7) is 3.02. The highest BCUT2D eigenvalue weighted by atomic mass is 32.2. The van der Waals surface area contributed by atoms with E-state index >= 15 is 0 Å². The van der Waals surface area contributed by atoms with Crippen LogP contribution in [-0.4, -0.2) is 31.1 Å². The first kappa shape index (κ1) is 15.1. The van der Waals surface area contributed by atoms with Gasteiger partial charge in [-0.05, 0) is 30.4 Å². The molecular weight excluding hydrogens is 246 g/mol. The van der Waals surface area contributed by atoms with Gasteiger partial charge in [0.1, 0.15) is 0 Å². The molecule has 1 N–H and O–H groups in total. The summed E-state index contributed by atoms with van der Waals surface area (Å²) in [7, 11) is 1.39. The van der Waals surface area contributed by atoms with Crippen LogP contribution in [0.25, 0.3) is 0 Å². The molecule has 0 radical (unpaired) electrons. The lowest BCUT2D eigenvalue weighted by atomic mass is 10.1.